The Labute approximate surface area is 112 Å². The lowest BCUT2D eigenvalue weighted by atomic mass is 10.3. The molecule has 0 saturated heterocycles. The molecular weight excluding hydrogens is 240 g/mol. The highest BCUT2D eigenvalue weighted by atomic mass is 15.4. The first kappa shape index (κ1) is 12.3. The highest BCUT2D eigenvalue weighted by Crippen LogP contribution is 2.27. The zero-order valence-electron chi connectivity index (χ0n) is 11.3. The van der Waals surface area contributed by atoms with Crippen molar-refractivity contribution >= 4 is 0 Å². The molecule has 0 aliphatic heterocycles. The first-order chi connectivity index (χ1) is 9.31. The van der Waals surface area contributed by atoms with Crippen LogP contribution in [0.2, 0.25) is 0 Å². The van der Waals surface area contributed by atoms with Crippen LogP contribution in [0.4, 0.5) is 0 Å². The van der Waals surface area contributed by atoms with Crippen LogP contribution in [0.25, 0.3) is 0 Å². The van der Waals surface area contributed by atoms with Gasteiger partial charge in [0.25, 0.3) is 0 Å². The third-order valence-electron chi connectivity index (χ3n) is 3.54. The van der Waals surface area contributed by atoms with Gasteiger partial charge in [-0.3, -0.25) is 9.36 Å². The van der Waals surface area contributed by atoms with Crippen LogP contribution in [-0.4, -0.2) is 31.3 Å². The number of aromatic nitrogens is 5. The lowest BCUT2D eigenvalue weighted by molar-refractivity contribution is 0.567. The third-order valence-corrected chi connectivity index (χ3v) is 3.54. The lowest BCUT2D eigenvalue weighted by Gasteiger charge is -2.01. The van der Waals surface area contributed by atoms with Crippen molar-refractivity contribution in [1.29, 1.82) is 0 Å². The Bertz CT molecular complexity index is 525. The number of nitrogens with one attached hydrogen (secondary N) is 1. The molecule has 1 saturated carbocycles. The van der Waals surface area contributed by atoms with Gasteiger partial charge < -0.3 is 5.32 Å². The van der Waals surface area contributed by atoms with E-state index in [1.807, 2.05) is 34.9 Å². The van der Waals surface area contributed by atoms with Gasteiger partial charge in [0.15, 0.2) is 0 Å². The molecule has 0 aromatic carbocycles. The molecular formula is C13H20N6. The van der Waals surface area contributed by atoms with Gasteiger partial charge in [-0.05, 0) is 31.4 Å². The summed E-state index contributed by atoms with van der Waals surface area (Å²) in [7, 11) is 1.96. The minimum Gasteiger partial charge on any atom is -0.311 e. The molecule has 1 N–H and O–H groups in total. The molecule has 3 rings (SSSR count). The van der Waals surface area contributed by atoms with Gasteiger partial charge in [0.05, 0.1) is 5.69 Å². The van der Waals surface area contributed by atoms with E-state index >= 15 is 0 Å². The van der Waals surface area contributed by atoms with Gasteiger partial charge in [0.2, 0.25) is 0 Å². The van der Waals surface area contributed by atoms with E-state index < -0.39 is 0 Å². The zero-order valence-corrected chi connectivity index (χ0v) is 11.3. The number of nitrogens with zero attached hydrogens (tertiary/aromatic N) is 5. The lowest BCUT2D eigenvalue weighted by Crippen LogP contribution is -2.16. The second-order valence-corrected chi connectivity index (χ2v) is 5.24. The first-order valence-electron chi connectivity index (χ1n) is 6.88. The van der Waals surface area contributed by atoms with E-state index in [-0.39, 0.29) is 0 Å². The van der Waals surface area contributed by atoms with E-state index in [0.717, 1.165) is 37.7 Å². The van der Waals surface area contributed by atoms with Crippen LogP contribution < -0.4 is 5.32 Å². The summed E-state index contributed by atoms with van der Waals surface area (Å²) in [6.45, 7) is 2.78. The summed E-state index contributed by atoms with van der Waals surface area (Å²) < 4.78 is 3.80. The van der Waals surface area contributed by atoms with Gasteiger partial charge in [0, 0.05) is 44.6 Å². The molecule has 102 valence electrons. The standard InChI is InChI=1S/C13H20N6/c1-18-13(4-6-15-18)5-7-19-10-12(16-17-19)9-14-8-11-2-3-11/h4,6,10-11,14H,2-3,5,7-9H2,1H3. The summed E-state index contributed by atoms with van der Waals surface area (Å²) >= 11 is 0. The van der Waals surface area contributed by atoms with Crippen LogP contribution in [0.3, 0.4) is 0 Å². The van der Waals surface area contributed by atoms with E-state index in [4.69, 9.17) is 0 Å². The molecule has 0 spiro atoms. The fourth-order valence-electron chi connectivity index (χ4n) is 2.13. The third kappa shape index (κ3) is 3.41. The largest absolute Gasteiger partial charge is 0.311 e. The molecule has 2 heterocycles. The van der Waals surface area contributed by atoms with E-state index in [9.17, 15) is 0 Å². The van der Waals surface area contributed by atoms with Crippen molar-refractivity contribution in [1.82, 2.24) is 30.1 Å². The van der Waals surface area contributed by atoms with Crippen molar-refractivity contribution < 1.29 is 0 Å². The van der Waals surface area contributed by atoms with Crippen molar-refractivity contribution in [3.63, 3.8) is 0 Å². The van der Waals surface area contributed by atoms with Crippen LogP contribution >= 0.6 is 0 Å². The molecule has 0 atom stereocenters. The maximum Gasteiger partial charge on any atom is 0.0964 e. The zero-order chi connectivity index (χ0) is 13.1. The van der Waals surface area contributed by atoms with Gasteiger partial charge >= 0.3 is 0 Å². The Balaban J connectivity index is 1.45. The SMILES string of the molecule is Cn1nccc1CCn1cc(CNCC2CC2)nn1. The molecule has 1 fully saturated rings. The topological polar surface area (TPSA) is 60.6 Å². The molecule has 0 radical (unpaired) electrons. The Morgan fingerprint density at radius 1 is 1.42 bits per heavy atom. The summed E-state index contributed by atoms with van der Waals surface area (Å²) in [5.74, 6) is 0.903. The summed E-state index contributed by atoms with van der Waals surface area (Å²) in [4.78, 5) is 0. The number of rotatable bonds is 7. The van der Waals surface area contributed by atoms with Gasteiger partial charge in [-0.1, -0.05) is 5.21 Å². The van der Waals surface area contributed by atoms with Crippen LogP contribution in [0.1, 0.15) is 24.2 Å². The van der Waals surface area contributed by atoms with E-state index in [2.05, 4.69) is 20.7 Å². The van der Waals surface area contributed by atoms with Crippen LogP contribution in [0.5, 0.6) is 0 Å². The fourth-order valence-corrected chi connectivity index (χ4v) is 2.13. The molecule has 2 aromatic heterocycles. The smallest absolute Gasteiger partial charge is 0.0964 e. The minimum atomic E-state index is 0.822. The van der Waals surface area contributed by atoms with Gasteiger partial charge in [-0.2, -0.15) is 5.10 Å². The van der Waals surface area contributed by atoms with Gasteiger partial charge in [-0.25, -0.2) is 0 Å². The Kier molecular flexibility index (Phi) is 3.59. The summed E-state index contributed by atoms with van der Waals surface area (Å²) in [6.07, 6.45) is 7.53. The molecule has 0 unspecified atom stereocenters. The minimum absolute atomic E-state index is 0.822. The van der Waals surface area contributed by atoms with Crippen molar-refractivity contribution in [2.24, 2.45) is 13.0 Å². The monoisotopic (exact) mass is 260 g/mol. The maximum atomic E-state index is 4.18. The molecule has 0 amide bonds. The quantitative estimate of drug-likeness (QED) is 0.798. The van der Waals surface area contributed by atoms with Crippen molar-refractivity contribution in [2.75, 3.05) is 6.54 Å². The average molecular weight is 260 g/mol. The van der Waals surface area contributed by atoms with E-state index in [1.165, 1.54) is 18.5 Å². The Morgan fingerprint density at radius 2 is 2.32 bits per heavy atom. The number of aryl methyl sites for hydroxylation is 3. The van der Waals surface area contributed by atoms with Crippen molar-refractivity contribution in [3.8, 4) is 0 Å². The summed E-state index contributed by atoms with van der Waals surface area (Å²) in [6, 6.07) is 2.04. The molecule has 1 aliphatic rings. The molecule has 6 heteroatoms. The summed E-state index contributed by atoms with van der Waals surface area (Å²) in [5, 5.41) is 15.9. The van der Waals surface area contributed by atoms with E-state index in [0.29, 0.717) is 0 Å². The van der Waals surface area contributed by atoms with E-state index in [1.54, 1.807) is 0 Å². The van der Waals surface area contributed by atoms with Crippen molar-refractivity contribution in [3.05, 3.63) is 29.8 Å². The second-order valence-electron chi connectivity index (χ2n) is 5.24. The fraction of sp³-hybridized carbons (Fsp3) is 0.615. The van der Waals surface area contributed by atoms with Gasteiger partial charge in [0.1, 0.15) is 0 Å². The Morgan fingerprint density at radius 3 is 3.05 bits per heavy atom. The normalized spacial score (nSPS) is 15.0. The molecule has 6 nitrogen and oxygen atoms in total. The molecule has 19 heavy (non-hydrogen) atoms. The Hall–Kier alpha value is -1.69. The second kappa shape index (κ2) is 5.52. The van der Waals surface area contributed by atoms with Gasteiger partial charge in [-0.15, -0.1) is 5.10 Å². The molecule has 1 aliphatic carbocycles. The summed E-state index contributed by atoms with van der Waals surface area (Å²) in [5.41, 5.74) is 2.23. The maximum absolute atomic E-state index is 4.18. The highest BCUT2D eigenvalue weighted by molar-refractivity contribution is 5.00. The first-order valence-corrected chi connectivity index (χ1v) is 6.88. The van der Waals surface area contributed by atoms with Crippen LogP contribution in [0, 0.1) is 5.92 Å². The average Bonchev–Trinajstić information content (AvgIpc) is 2.96. The van der Waals surface area contributed by atoms with Crippen molar-refractivity contribution in [2.45, 2.75) is 32.4 Å². The predicted octanol–water partition coefficient (Wildman–Crippen LogP) is 0.754. The van der Waals surface area contributed by atoms with Crippen LogP contribution in [0.15, 0.2) is 18.5 Å². The number of hydrogen-bond donors (Lipinski definition) is 1. The number of hydrogen-bond acceptors (Lipinski definition) is 4. The molecule has 2 aromatic rings. The van der Waals surface area contributed by atoms with Crippen LogP contribution in [-0.2, 0) is 26.6 Å². The highest BCUT2D eigenvalue weighted by Gasteiger charge is 2.20. The molecule has 0 bridgehead atoms. The predicted molar refractivity (Wildman–Crippen MR) is 71.4 cm³/mol.